The highest BCUT2D eigenvalue weighted by atomic mass is 16.6. The molecule has 2 aromatic carbocycles. The van der Waals surface area contributed by atoms with Gasteiger partial charge in [0.1, 0.15) is 17.5 Å². The first-order chi connectivity index (χ1) is 16.0. The Morgan fingerprint density at radius 2 is 1.68 bits per heavy atom. The molecular formula is C26H32N4O4. The Labute approximate surface area is 199 Å². The lowest BCUT2D eigenvalue weighted by Gasteiger charge is -2.25. The van der Waals surface area contributed by atoms with E-state index in [1.807, 2.05) is 50.2 Å². The lowest BCUT2D eigenvalue weighted by Crippen LogP contribution is -2.49. The number of ether oxygens (including phenoxy) is 1. The largest absolute Gasteiger partial charge is 0.458 e. The maximum absolute atomic E-state index is 13.2. The van der Waals surface area contributed by atoms with Crippen molar-refractivity contribution in [2.75, 3.05) is 5.43 Å². The third-order valence-electron chi connectivity index (χ3n) is 4.97. The number of aromatic nitrogens is 2. The fourth-order valence-corrected chi connectivity index (χ4v) is 3.54. The lowest BCUT2D eigenvalue weighted by molar-refractivity contribution is -0.157. The fraction of sp³-hybridized carbons (Fsp3) is 0.385. The average Bonchev–Trinajstić information content (AvgIpc) is 2.75. The van der Waals surface area contributed by atoms with Crippen molar-refractivity contribution < 1.29 is 14.3 Å². The number of nitrogens with zero attached hydrogens (tertiary/aromatic N) is 2. The number of benzene rings is 2. The second kappa shape index (κ2) is 10.5. The second-order valence-electron chi connectivity index (χ2n) is 9.65. The Hall–Kier alpha value is -3.68. The van der Waals surface area contributed by atoms with E-state index in [0.717, 1.165) is 10.2 Å². The molecule has 1 unspecified atom stereocenters. The molecule has 1 heterocycles. The standard InChI is InChI=1S/C26H32N4O4/c1-17(2)15-21(24(32)34-26(3,4)5)28-25(33)29-30-22(16-18-11-7-6-8-12-18)27-20-14-10-9-13-19(20)23(30)31/h6-14,17,21H,15-16H2,1-5H3,(H2,28,29,33). The van der Waals surface area contributed by atoms with E-state index in [1.165, 1.54) is 0 Å². The number of esters is 1. The first-order valence-corrected chi connectivity index (χ1v) is 11.4. The zero-order chi connectivity index (χ0) is 24.9. The first kappa shape index (κ1) is 25.0. The summed E-state index contributed by atoms with van der Waals surface area (Å²) in [6.45, 7) is 9.22. The Morgan fingerprint density at radius 1 is 1.03 bits per heavy atom. The van der Waals surface area contributed by atoms with Crippen LogP contribution < -0.4 is 16.3 Å². The second-order valence-corrected chi connectivity index (χ2v) is 9.65. The Kier molecular flexibility index (Phi) is 7.71. The third-order valence-corrected chi connectivity index (χ3v) is 4.97. The van der Waals surface area contributed by atoms with Gasteiger partial charge >= 0.3 is 12.0 Å². The van der Waals surface area contributed by atoms with Crippen LogP contribution in [0.2, 0.25) is 0 Å². The molecule has 3 aromatic rings. The number of urea groups is 1. The zero-order valence-electron chi connectivity index (χ0n) is 20.3. The maximum Gasteiger partial charge on any atom is 0.334 e. The molecular weight excluding hydrogens is 432 g/mol. The van der Waals surface area contributed by atoms with Crippen molar-refractivity contribution in [3.05, 3.63) is 76.3 Å². The summed E-state index contributed by atoms with van der Waals surface area (Å²) < 4.78 is 6.62. The molecule has 0 bridgehead atoms. The van der Waals surface area contributed by atoms with E-state index in [1.54, 1.807) is 39.0 Å². The molecule has 1 aromatic heterocycles. The highest BCUT2D eigenvalue weighted by Gasteiger charge is 2.28. The van der Waals surface area contributed by atoms with E-state index in [-0.39, 0.29) is 5.92 Å². The number of fused-ring (bicyclic) bond motifs is 1. The number of para-hydroxylation sites is 1. The van der Waals surface area contributed by atoms with Crippen molar-refractivity contribution in [3.63, 3.8) is 0 Å². The van der Waals surface area contributed by atoms with Crippen LogP contribution in [0.15, 0.2) is 59.4 Å². The summed E-state index contributed by atoms with van der Waals surface area (Å²) in [5.41, 5.74) is 2.99. The van der Waals surface area contributed by atoms with Gasteiger partial charge < -0.3 is 10.1 Å². The van der Waals surface area contributed by atoms with Gasteiger partial charge in [-0.05, 0) is 50.8 Å². The highest BCUT2D eigenvalue weighted by molar-refractivity contribution is 5.88. The van der Waals surface area contributed by atoms with Crippen molar-refractivity contribution >= 4 is 22.9 Å². The summed E-state index contributed by atoms with van der Waals surface area (Å²) in [4.78, 5) is 43.5. The van der Waals surface area contributed by atoms with Crippen molar-refractivity contribution in [2.45, 2.75) is 59.1 Å². The Bertz CT molecular complexity index is 1210. The van der Waals surface area contributed by atoms with Gasteiger partial charge in [0, 0.05) is 6.42 Å². The van der Waals surface area contributed by atoms with Crippen molar-refractivity contribution in [2.24, 2.45) is 5.92 Å². The number of amides is 2. The van der Waals surface area contributed by atoms with E-state index in [4.69, 9.17) is 4.74 Å². The number of nitrogens with one attached hydrogen (secondary N) is 2. The molecule has 2 amide bonds. The van der Waals surface area contributed by atoms with Crippen LogP contribution in [0, 0.1) is 5.92 Å². The Morgan fingerprint density at radius 3 is 2.32 bits per heavy atom. The van der Waals surface area contributed by atoms with Crippen LogP contribution in [0.4, 0.5) is 4.79 Å². The van der Waals surface area contributed by atoms with E-state index in [2.05, 4.69) is 15.7 Å². The zero-order valence-corrected chi connectivity index (χ0v) is 20.3. The van der Waals surface area contributed by atoms with Crippen LogP contribution in [0.25, 0.3) is 10.9 Å². The van der Waals surface area contributed by atoms with Gasteiger partial charge in [-0.25, -0.2) is 24.7 Å². The molecule has 34 heavy (non-hydrogen) atoms. The predicted molar refractivity (Wildman–Crippen MR) is 132 cm³/mol. The number of carbonyl (C=O) groups excluding carboxylic acids is 2. The molecule has 0 saturated carbocycles. The van der Waals surface area contributed by atoms with Crippen LogP contribution in [0.1, 0.15) is 52.4 Å². The van der Waals surface area contributed by atoms with Gasteiger partial charge in [0.2, 0.25) is 0 Å². The van der Waals surface area contributed by atoms with Gasteiger partial charge in [0.05, 0.1) is 10.9 Å². The van der Waals surface area contributed by atoms with E-state index >= 15 is 0 Å². The first-order valence-electron chi connectivity index (χ1n) is 11.4. The molecule has 0 spiro atoms. The maximum atomic E-state index is 13.2. The molecule has 2 N–H and O–H groups in total. The minimum atomic E-state index is -0.860. The molecule has 0 aliphatic rings. The molecule has 8 heteroatoms. The van der Waals surface area contributed by atoms with Crippen LogP contribution in [0.3, 0.4) is 0 Å². The molecule has 0 aliphatic carbocycles. The van der Waals surface area contributed by atoms with E-state index in [9.17, 15) is 14.4 Å². The minimum absolute atomic E-state index is 0.136. The molecule has 0 saturated heterocycles. The summed E-state index contributed by atoms with van der Waals surface area (Å²) in [6, 6.07) is 15.0. The predicted octanol–water partition coefficient (Wildman–Crippen LogP) is 4.00. The SMILES string of the molecule is CC(C)CC(NC(=O)Nn1c(Cc2ccccc2)nc2ccccc2c1=O)C(=O)OC(C)(C)C. The van der Waals surface area contributed by atoms with Crippen molar-refractivity contribution in [3.8, 4) is 0 Å². The number of hydrogen-bond donors (Lipinski definition) is 2. The summed E-state index contributed by atoms with van der Waals surface area (Å²) in [5.74, 6) is -0.0101. The van der Waals surface area contributed by atoms with Gasteiger partial charge in [0.25, 0.3) is 5.56 Å². The number of carbonyl (C=O) groups is 2. The minimum Gasteiger partial charge on any atom is -0.458 e. The third kappa shape index (κ3) is 6.66. The molecule has 1 atom stereocenters. The fourth-order valence-electron chi connectivity index (χ4n) is 3.54. The smallest absolute Gasteiger partial charge is 0.334 e. The van der Waals surface area contributed by atoms with Crippen LogP contribution in [0.5, 0.6) is 0 Å². The van der Waals surface area contributed by atoms with E-state index in [0.29, 0.717) is 29.6 Å². The molecule has 0 radical (unpaired) electrons. The lowest BCUT2D eigenvalue weighted by atomic mass is 10.0. The monoisotopic (exact) mass is 464 g/mol. The number of hydrogen-bond acceptors (Lipinski definition) is 5. The summed E-state index contributed by atoms with van der Waals surface area (Å²) in [5, 5.41) is 3.05. The summed E-state index contributed by atoms with van der Waals surface area (Å²) in [7, 11) is 0. The molecule has 180 valence electrons. The van der Waals surface area contributed by atoms with Gasteiger partial charge in [-0.1, -0.05) is 56.3 Å². The van der Waals surface area contributed by atoms with Crippen LogP contribution in [-0.4, -0.2) is 33.3 Å². The summed E-state index contributed by atoms with van der Waals surface area (Å²) in [6.07, 6.45) is 0.729. The molecule has 8 nitrogen and oxygen atoms in total. The molecule has 0 fully saturated rings. The van der Waals surface area contributed by atoms with Gasteiger partial charge in [-0.2, -0.15) is 0 Å². The average molecular weight is 465 g/mol. The number of rotatable bonds is 7. The highest BCUT2D eigenvalue weighted by Crippen LogP contribution is 2.14. The van der Waals surface area contributed by atoms with Crippen LogP contribution >= 0.6 is 0 Å². The van der Waals surface area contributed by atoms with E-state index < -0.39 is 29.2 Å². The van der Waals surface area contributed by atoms with Gasteiger partial charge in [0.15, 0.2) is 0 Å². The Balaban J connectivity index is 1.91. The molecule has 3 rings (SSSR count). The van der Waals surface area contributed by atoms with Gasteiger partial charge in [-0.3, -0.25) is 4.79 Å². The van der Waals surface area contributed by atoms with Crippen LogP contribution in [-0.2, 0) is 16.0 Å². The topological polar surface area (TPSA) is 102 Å². The van der Waals surface area contributed by atoms with Gasteiger partial charge in [-0.15, -0.1) is 0 Å². The van der Waals surface area contributed by atoms with Crippen molar-refractivity contribution in [1.82, 2.24) is 15.0 Å². The normalized spacial score (nSPS) is 12.4. The summed E-state index contributed by atoms with van der Waals surface area (Å²) >= 11 is 0. The van der Waals surface area contributed by atoms with Crippen molar-refractivity contribution in [1.29, 1.82) is 0 Å². The quantitative estimate of drug-likeness (QED) is 0.515. The molecule has 0 aliphatic heterocycles.